The Bertz CT molecular complexity index is 562. The molecule has 4 heteroatoms. The number of carbonyl (C=O) groups is 1. The van der Waals surface area contributed by atoms with Crippen LogP contribution in [0.25, 0.3) is 0 Å². The molecule has 0 N–H and O–H groups in total. The molecule has 20 heavy (non-hydrogen) atoms. The number of benzene rings is 1. The summed E-state index contributed by atoms with van der Waals surface area (Å²) in [5.74, 6) is 1.52. The molecule has 0 spiro atoms. The van der Waals surface area contributed by atoms with E-state index in [2.05, 4.69) is 0 Å². The number of aryl methyl sites for hydroxylation is 1. The first-order chi connectivity index (χ1) is 9.61. The van der Waals surface area contributed by atoms with Gasteiger partial charge in [-0.25, -0.2) is 0 Å². The second kappa shape index (κ2) is 6.39. The smallest absolute Gasteiger partial charge is 0.256 e. The highest BCUT2D eigenvalue weighted by Crippen LogP contribution is 2.20. The Labute approximate surface area is 119 Å². The number of hydrogen-bond acceptors (Lipinski definition) is 3. The van der Waals surface area contributed by atoms with Crippen LogP contribution in [0, 0.1) is 6.92 Å². The van der Waals surface area contributed by atoms with Crippen molar-refractivity contribution in [3.8, 4) is 0 Å². The molecule has 2 rings (SSSR count). The van der Waals surface area contributed by atoms with Gasteiger partial charge in [0, 0.05) is 14.2 Å². The minimum atomic E-state index is -0.586. The summed E-state index contributed by atoms with van der Waals surface area (Å²) >= 11 is 0. The number of furan rings is 1. The maximum Gasteiger partial charge on any atom is 0.256 e. The SMILES string of the molecule is COC(C(=O)N(C)Cc1ccc(C)o1)c1ccccc1. The molecule has 1 atom stereocenters. The molecule has 0 radical (unpaired) electrons. The Balaban J connectivity index is 2.08. The van der Waals surface area contributed by atoms with Gasteiger partial charge in [0.05, 0.1) is 6.54 Å². The maximum absolute atomic E-state index is 12.4. The van der Waals surface area contributed by atoms with E-state index in [-0.39, 0.29) is 5.91 Å². The van der Waals surface area contributed by atoms with E-state index < -0.39 is 6.10 Å². The second-order valence-electron chi connectivity index (χ2n) is 4.73. The Morgan fingerprint density at radius 1 is 1.25 bits per heavy atom. The molecular weight excluding hydrogens is 254 g/mol. The number of hydrogen-bond donors (Lipinski definition) is 0. The van der Waals surface area contributed by atoms with Crippen molar-refractivity contribution in [2.24, 2.45) is 0 Å². The summed E-state index contributed by atoms with van der Waals surface area (Å²) < 4.78 is 10.8. The van der Waals surface area contributed by atoms with E-state index in [0.29, 0.717) is 6.54 Å². The van der Waals surface area contributed by atoms with Crippen LogP contribution < -0.4 is 0 Å². The van der Waals surface area contributed by atoms with Gasteiger partial charge in [0.15, 0.2) is 6.10 Å². The number of carbonyl (C=O) groups excluding carboxylic acids is 1. The topological polar surface area (TPSA) is 42.7 Å². The summed E-state index contributed by atoms with van der Waals surface area (Å²) in [5, 5.41) is 0. The van der Waals surface area contributed by atoms with Crippen molar-refractivity contribution in [1.82, 2.24) is 4.90 Å². The highest BCUT2D eigenvalue weighted by atomic mass is 16.5. The van der Waals surface area contributed by atoms with Gasteiger partial charge in [-0.3, -0.25) is 4.79 Å². The quantitative estimate of drug-likeness (QED) is 0.841. The molecule has 4 nitrogen and oxygen atoms in total. The zero-order valence-electron chi connectivity index (χ0n) is 12.0. The lowest BCUT2D eigenvalue weighted by Crippen LogP contribution is -2.32. The molecule has 1 aromatic carbocycles. The Morgan fingerprint density at radius 3 is 2.50 bits per heavy atom. The van der Waals surface area contributed by atoms with E-state index in [1.54, 1.807) is 19.1 Å². The number of likely N-dealkylation sites (N-methyl/N-ethyl adjacent to an activating group) is 1. The van der Waals surface area contributed by atoms with Crippen LogP contribution in [0.1, 0.15) is 23.2 Å². The average Bonchev–Trinajstić information content (AvgIpc) is 2.86. The molecule has 0 fully saturated rings. The monoisotopic (exact) mass is 273 g/mol. The van der Waals surface area contributed by atoms with E-state index in [1.807, 2.05) is 49.4 Å². The van der Waals surface area contributed by atoms with Crippen LogP contribution in [-0.4, -0.2) is 25.0 Å². The predicted octanol–water partition coefficient (Wildman–Crippen LogP) is 2.93. The zero-order chi connectivity index (χ0) is 14.5. The van der Waals surface area contributed by atoms with E-state index >= 15 is 0 Å². The normalized spacial score (nSPS) is 12.2. The van der Waals surface area contributed by atoms with Crippen molar-refractivity contribution in [1.29, 1.82) is 0 Å². The summed E-state index contributed by atoms with van der Waals surface area (Å²) in [6.45, 7) is 2.31. The first kappa shape index (κ1) is 14.3. The van der Waals surface area contributed by atoms with Crippen molar-refractivity contribution < 1.29 is 13.9 Å². The Hall–Kier alpha value is -2.07. The van der Waals surface area contributed by atoms with Crippen LogP contribution in [0.15, 0.2) is 46.9 Å². The van der Waals surface area contributed by atoms with Gasteiger partial charge in [0.2, 0.25) is 0 Å². The van der Waals surface area contributed by atoms with Crippen molar-refractivity contribution in [2.75, 3.05) is 14.2 Å². The molecule has 0 aliphatic rings. The summed E-state index contributed by atoms with van der Waals surface area (Å²) in [6.07, 6.45) is -0.586. The first-order valence-electron chi connectivity index (χ1n) is 6.50. The molecule has 1 heterocycles. The van der Waals surface area contributed by atoms with Crippen LogP contribution in [0.2, 0.25) is 0 Å². The third-order valence-electron chi connectivity index (χ3n) is 3.13. The summed E-state index contributed by atoms with van der Waals surface area (Å²) in [6, 6.07) is 13.2. The highest BCUT2D eigenvalue weighted by Gasteiger charge is 2.23. The summed E-state index contributed by atoms with van der Waals surface area (Å²) in [7, 11) is 3.29. The fourth-order valence-electron chi connectivity index (χ4n) is 2.09. The van der Waals surface area contributed by atoms with Gasteiger partial charge in [0.25, 0.3) is 5.91 Å². The lowest BCUT2D eigenvalue weighted by Gasteiger charge is -2.22. The van der Waals surface area contributed by atoms with Crippen molar-refractivity contribution in [2.45, 2.75) is 19.6 Å². The van der Waals surface area contributed by atoms with Gasteiger partial charge >= 0.3 is 0 Å². The molecule has 1 aromatic heterocycles. The summed E-state index contributed by atoms with van der Waals surface area (Å²) in [4.78, 5) is 14.1. The fourth-order valence-corrected chi connectivity index (χ4v) is 2.09. The predicted molar refractivity (Wildman–Crippen MR) is 76.1 cm³/mol. The van der Waals surface area contributed by atoms with E-state index in [9.17, 15) is 4.79 Å². The van der Waals surface area contributed by atoms with E-state index in [1.165, 1.54) is 0 Å². The maximum atomic E-state index is 12.4. The van der Waals surface area contributed by atoms with Crippen molar-refractivity contribution in [3.63, 3.8) is 0 Å². The van der Waals surface area contributed by atoms with Gasteiger partial charge in [-0.15, -0.1) is 0 Å². The summed E-state index contributed by atoms with van der Waals surface area (Å²) in [5.41, 5.74) is 0.850. The number of nitrogens with zero attached hydrogens (tertiary/aromatic N) is 1. The molecule has 1 amide bonds. The van der Waals surface area contributed by atoms with E-state index in [0.717, 1.165) is 17.1 Å². The van der Waals surface area contributed by atoms with E-state index in [4.69, 9.17) is 9.15 Å². The minimum absolute atomic E-state index is 0.0900. The molecule has 0 bridgehead atoms. The fraction of sp³-hybridized carbons (Fsp3) is 0.312. The molecule has 1 unspecified atom stereocenters. The van der Waals surface area contributed by atoms with Gasteiger partial charge in [-0.2, -0.15) is 0 Å². The van der Waals surface area contributed by atoms with Crippen LogP contribution in [-0.2, 0) is 16.1 Å². The van der Waals surface area contributed by atoms with Crippen molar-refractivity contribution >= 4 is 5.91 Å². The molecular formula is C16H19NO3. The molecule has 2 aromatic rings. The number of rotatable bonds is 5. The minimum Gasteiger partial charge on any atom is -0.464 e. The molecule has 106 valence electrons. The van der Waals surface area contributed by atoms with Crippen molar-refractivity contribution in [3.05, 3.63) is 59.5 Å². The van der Waals surface area contributed by atoms with Crippen LogP contribution in [0.3, 0.4) is 0 Å². The third-order valence-corrected chi connectivity index (χ3v) is 3.13. The lowest BCUT2D eigenvalue weighted by atomic mass is 10.1. The first-order valence-corrected chi connectivity index (χ1v) is 6.50. The largest absolute Gasteiger partial charge is 0.464 e. The van der Waals surface area contributed by atoms with Gasteiger partial charge in [-0.05, 0) is 24.6 Å². The molecule has 0 saturated heterocycles. The molecule has 0 saturated carbocycles. The zero-order valence-corrected chi connectivity index (χ0v) is 12.0. The second-order valence-corrected chi connectivity index (χ2v) is 4.73. The Morgan fingerprint density at radius 2 is 1.95 bits per heavy atom. The Kier molecular flexibility index (Phi) is 4.58. The molecule has 0 aliphatic carbocycles. The third kappa shape index (κ3) is 3.27. The number of amides is 1. The van der Waals surface area contributed by atoms with Gasteiger partial charge in [0.1, 0.15) is 11.5 Å². The number of ether oxygens (including phenoxy) is 1. The van der Waals surface area contributed by atoms with Crippen LogP contribution >= 0.6 is 0 Å². The average molecular weight is 273 g/mol. The lowest BCUT2D eigenvalue weighted by molar-refractivity contribution is -0.141. The number of methoxy groups -OCH3 is 1. The van der Waals surface area contributed by atoms with Gasteiger partial charge in [-0.1, -0.05) is 30.3 Å². The molecule has 0 aliphatic heterocycles. The van der Waals surface area contributed by atoms with Crippen LogP contribution in [0.4, 0.5) is 0 Å². The van der Waals surface area contributed by atoms with Crippen LogP contribution in [0.5, 0.6) is 0 Å². The highest BCUT2D eigenvalue weighted by molar-refractivity contribution is 5.82. The standard InChI is InChI=1S/C16H19NO3/c1-12-9-10-14(20-12)11-17(2)16(18)15(19-3)13-7-5-4-6-8-13/h4-10,15H,11H2,1-3H3. The van der Waals surface area contributed by atoms with Gasteiger partial charge < -0.3 is 14.1 Å².